The van der Waals surface area contributed by atoms with Crippen LogP contribution in [0.4, 0.5) is 17.1 Å². The molecule has 0 fully saturated rings. The number of benzene rings is 2. The zero-order valence-corrected chi connectivity index (χ0v) is 24.7. The lowest BCUT2D eigenvalue weighted by Crippen LogP contribution is -2.47. The summed E-state index contributed by atoms with van der Waals surface area (Å²) < 4.78 is 18.8. The number of para-hydroxylation sites is 1. The maximum absolute atomic E-state index is 11.6. The molecule has 0 heterocycles. The van der Waals surface area contributed by atoms with Gasteiger partial charge in [0.25, 0.3) is 0 Å². The summed E-state index contributed by atoms with van der Waals surface area (Å²) in [4.78, 5) is 13.9. The maximum Gasteiger partial charge on any atom is 0.501 e. The summed E-state index contributed by atoms with van der Waals surface area (Å²) in [7, 11) is -2.74. The molecule has 194 valence electrons. The second kappa shape index (κ2) is 17.7. The highest BCUT2D eigenvalue weighted by Crippen LogP contribution is 2.28. The first-order chi connectivity index (χ1) is 16.6. The summed E-state index contributed by atoms with van der Waals surface area (Å²) in [6, 6.07) is 18.9. The molecule has 0 saturated carbocycles. The molecule has 0 aliphatic rings. The van der Waals surface area contributed by atoms with Crippen LogP contribution in [0.2, 0.25) is 6.04 Å². The molecule has 0 radical (unpaired) electrons. The van der Waals surface area contributed by atoms with Crippen LogP contribution in [0.1, 0.15) is 46.5 Å². The Bertz CT molecular complexity index is 830. The molecule has 35 heavy (non-hydrogen) atoms. The van der Waals surface area contributed by atoms with Crippen LogP contribution in [-0.4, -0.2) is 41.1 Å². The van der Waals surface area contributed by atoms with E-state index in [0.29, 0.717) is 19.8 Å². The first-order valence-electron chi connectivity index (χ1n) is 12.3. The largest absolute Gasteiger partial charge is 0.501 e. The molecule has 0 spiro atoms. The van der Waals surface area contributed by atoms with E-state index < -0.39 is 8.80 Å². The SMILES string of the molecule is C=CC(=O)Nc1ccc(N(CCC[Si](OCCC)(OCCC)OCCC)c2ccccc2)cc1.I. The lowest BCUT2D eigenvalue weighted by molar-refractivity contribution is -0.111. The zero-order chi connectivity index (χ0) is 24.7. The molecule has 0 aromatic heterocycles. The molecule has 0 atom stereocenters. The second-order valence-corrected chi connectivity index (χ2v) is 10.8. The van der Waals surface area contributed by atoms with Crippen molar-refractivity contribution in [1.82, 2.24) is 0 Å². The van der Waals surface area contributed by atoms with Gasteiger partial charge in [0, 0.05) is 49.5 Å². The summed E-state index contributed by atoms with van der Waals surface area (Å²) >= 11 is 0. The van der Waals surface area contributed by atoms with Gasteiger partial charge in [-0.1, -0.05) is 45.5 Å². The summed E-state index contributed by atoms with van der Waals surface area (Å²) in [5, 5.41) is 2.80. The Hall–Kier alpha value is -1.72. The molecule has 1 amide bonds. The van der Waals surface area contributed by atoms with Crippen molar-refractivity contribution >= 4 is 55.8 Å². The number of nitrogens with zero attached hydrogens (tertiary/aromatic N) is 1. The highest BCUT2D eigenvalue weighted by atomic mass is 127. The van der Waals surface area contributed by atoms with Gasteiger partial charge in [-0.15, -0.1) is 24.0 Å². The highest BCUT2D eigenvalue weighted by molar-refractivity contribution is 14.0. The van der Waals surface area contributed by atoms with Crippen LogP contribution >= 0.6 is 24.0 Å². The van der Waals surface area contributed by atoms with Gasteiger partial charge in [-0.3, -0.25) is 4.79 Å². The van der Waals surface area contributed by atoms with Crippen molar-refractivity contribution in [3.8, 4) is 0 Å². The number of anilines is 3. The molecular weight excluding hydrogens is 571 g/mol. The summed E-state index contributed by atoms with van der Waals surface area (Å²) in [6.07, 6.45) is 4.94. The smallest absolute Gasteiger partial charge is 0.373 e. The fourth-order valence-corrected chi connectivity index (χ4v) is 6.32. The van der Waals surface area contributed by atoms with Gasteiger partial charge in [-0.05, 0) is 68.2 Å². The Balaban J connectivity index is 0.00000612. The van der Waals surface area contributed by atoms with E-state index in [2.05, 4.69) is 49.7 Å². The van der Waals surface area contributed by atoms with Crippen molar-refractivity contribution in [3.63, 3.8) is 0 Å². The number of hydrogen-bond acceptors (Lipinski definition) is 5. The number of rotatable bonds is 17. The van der Waals surface area contributed by atoms with Crippen LogP contribution in [0, 0.1) is 0 Å². The molecule has 0 saturated heterocycles. The fourth-order valence-electron chi connectivity index (χ4n) is 3.50. The highest BCUT2D eigenvalue weighted by Gasteiger charge is 2.40. The summed E-state index contributed by atoms with van der Waals surface area (Å²) in [6.45, 7) is 12.6. The minimum atomic E-state index is -2.74. The maximum atomic E-state index is 11.6. The standard InChI is InChI=1S/C27H40N2O4Si.HI/c1-5-20-31-34(32-21-6-2,33-22-7-3)23-12-19-29(25-13-10-9-11-14-25)26-17-15-24(16-18-26)28-27(30)8-4;/h8-11,13-18H,4-7,12,19-23H2,1-3H3,(H,28,30);1H. The van der Waals surface area contributed by atoms with Crippen LogP contribution in [-0.2, 0) is 18.1 Å². The summed E-state index contributed by atoms with van der Waals surface area (Å²) in [5.41, 5.74) is 2.89. The third kappa shape index (κ3) is 10.8. The van der Waals surface area contributed by atoms with Crippen molar-refractivity contribution in [2.75, 3.05) is 36.6 Å². The quantitative estimate of drug-likeness (QED) is 0.117. The Morgan fingerprint density at radius 1 is 0.886 bits per heavy atom. The first kappa shape index (κ1) is 31.3. The predicted octanol–water partition coefficient (Wildman–Crippen LogP) is 7.18. The Labute approximate surface area is 229 Å². The molecule has 2 aromatic rings. The van der Waals surface area contributed by atoms with Crippen molar-refractivity contribution in [2.45, 2.75) is 52.5 Å². The van der Waals surface area contributed by atoms with E-state index in [1.807, 2.05) is 42.5 Å². The van der Waals surface area contributed by atoms with Crippen molar-refractivity contribution in [3.05, 3.63) is 67.3 Å². The molecule has 8 heteroatoms. The van der Waals surface area contributed by atoms with E-state index in [0.717, 1.165) is 55.3 Å². The van der Waals surface area contributed by atoms with Crippen molar-refractivity contribution in [2.24, 2.45) is 0 Å². The van der Waals surface area contributed by atoms with Gasteiger partial charge in [0.15, 0.2) is 0 Å². The first-order valence-corrected chi connectivity index (χ1v) is 14.3. The third-order valence-corrected chi connectivity index (χ3v) is 8.04. The van der Waals surface area contributed by atoms with Gasteiger partial charge >= 0.3 is 8.80 Å². The molecule has 2 rings (SSSR count). The second-order valence-electron chi connectivity index (χ2n) is 8.06. The Morgan fingerprint density at radius 2 is 1.40 bits per heavy atom. The summed E-state index contributed by atoms with van der Waals surface area (Å²) in [5.74, 6) is -0.222. The lowest BCUT2D eigenvalue weighted by Gasteiger charge is -2.31. The average molecular weight is 613 g/mol. The van der Waals surface area contributed by atoms with Gasteiger partial charge in [0.05, 0.1) is 0 Å². The predicted molar refractivity (Wildman–Crippen MR) is 158 cm³/mol. The molecule has 0 unspecified atom stereocenters. The van der Waals surface area contributed by atoms with Crippen LogP contribution < -0.4 is 10.2 Å². The fraction of sp³-hybridized carbons (Fsp3) is 0.444. The monoisotopic (exact) mass is 612 g/mol. The van der Waals surface area contributed by atoms with Crippen LogP contribution in [0.5, 0.6) is 0 Å². The molecule has 6 nitrogen and oxygen atoms in total. The van der Waals surface area contributed by atoms with E-state index >= 15 is 0 Å². The Morgan fingerprint density at radius 3 is 1.89 bits per heavy atom. The molecule has 1 N–H and O–H groups in total. The zero-order valence-electron chi connectivity index (χ0n) is 21.3. The number of nitrogens with one attached hydrogen (secondary N) is 1. The molecule has 2 aromatic carbocycles. The van der Waals surface area contributed by atoms with Crippen LogP contribution in [0.15, 0.2) is 67.3 Å². The molecular formula is C27H41IN2O4Si. The van der Waals surface area contributed by atoms with Gasteiger partial charge < -0.3 is 23.5 Å². The topological polar surface area (TPSA) is 60.0 Å². The Kier molecular flexibility index (Phi) is 15.8. The van der Waals surface area contributed by atoms with Gasteiger partial charge in [-0.25, -0.2) is 0 Å². The number of carbonyl (C=O) groups excluding carboxylic acids is 1. The molecule has 0 aliphatic heterocycles. The van der Waals surface area contributed by atoms with E-state index in [9.17, 15) is 4.79 Å². The van der Waals surface area contributed by atoms with Gasteiger partial charge in [0.2, 0.25) is 5.91 Å². The number of amides is 1. The number of hydrogen-bond donors (Lipinski definition) is 1. The van der Waals surface area contributed by atoms with E-state index in [1.54, 1.807) is 0 Å². The van der Waals surface area contributed by atoms with Gasteiger partial charge in [0.1, 0.15) is 0 Å². The van der Waals surface area contributed by atoms with E-state index in [-0.39, 0.29) is 29.9 Å². The average Bonchev–Trinajstić information content (AvgIpc) is 2.88. The molecule has 0 bridgehead atoms. The lowest BCUT2D eigenvalue weighted by atomic mass is 10.2. The van der Waals surface area contributed by atoms with Crippen LogP contribution in [0.25, 0.3) is 0 Å². The van der Waals surface area contributed by atoms with Crippen LogP contribution in [0.3, 0.4) is 0 Å². The van der Waals surface area contributed by atoms with Crippen molar-refractivity contribution < 1.29 is 18.1 Å². The van der Waals surface area contributed by atoms with E-state index in [1.165, 1.54) is 6.08 Å². The van der Waals surface area contributed by atoms with E-state index in [4.69, 9.17) is 13.3 Å². The third-order valence-electron chi connectivity index (χ3n) is 5.14. The number of carbonyl (C=O) groups is 1. The minimum absolute atomic E-state index is 0. The minimum Gasteiger partial charge on any atom is -0.373 e. The van der Waals surface area contributed by atoms with Gasteiger partial charge in [-0.2, -0.15) is 0 Å². The van der Waals surface area contributed by atoms with Crippen molar-refractivity contribution in [1.29, 1.82) is 0 Å². The normalized spacial score (nSPS) is 10.9. The molecule has 0 aliphatic carbocycles. The number of halogens is 1.